The lowest BCUT2D eigenvalue weighted by Gasteiger charge is -2.20. The highest BCUT2D eigenvalue weighted by Crippen LogP contribution is 2.34. The molecule has 1 aliphatic heterocycles. The second kappa shape index (κ2) is 4.39. The number of hydrogen-bond acceptors (Lipinski definition) is 2. The first-order chi connectivity index (χ1) is 9.20. The van der Waals surface area contributed by atoms with E-state index in [0.717, 1.165) is 11.1 Å². The quantitative estimate of drug-likeness (QED) is 0.895. The lowest BCUT2D eigenvalue weighted by atomic mass is 10.1. The molecule has 0 atom stereocenters. The van der Waals surface area contributed by atoms with Crippen LogP contribution in [0.5, 0.6) is 5.75 Å². The summed E-state index contributed by atoms with van der Waals surface area (Å²) in [6.07, 6.45) is 0. The third-order valence-electron chi connectivity index (χ3n) is 3.30. The lowest BCUT2D eigenvalue weighted by molar-refractivity contribution is 0.412. The van der Waals surface area contributed by atoms with Gasteiger partial charge in [0, 0.05) is 11.6 Å². The number of halogens is 1. The molecule has 0 spiro atoms. The summed E-state index contributed by atoms with van der Waals surface area (Å²) in [7, 11) is 1.51. The van der Waals surface area contributed by atoms with Gasteiger partial charge in [-0.2, -0.15) is 0 Å². The van der Waals surface area contributed by atoms with Gasteiger partial charge in [-0.1, -0.05) is 24.3 Å². The van der Waals surface area contributed by atoms with Crippen LogP contribution in [-0.2, 0) is 6.54 Å². The summed E-state index contributed by atoms with van der Waals surface area (Å²) in [6, 6.07) is 12.2. The SMILES string of the molecule is COc1cc(F)ccc1N1Cc2ccccc2C1=N. The van der Waals surface area contributed by atoms with E-state index in [1.807, 2.05) is 29.2 Å². The van der Waals surface area contributed by atoms with E-state index in [0.29, 0.717) is 23.8 Å². The standard InChI is InChI=1S/C15H13FN2O/c1-19-14-8-11(16)6-7-13(14)18-9-10-4-2-3-5-12(10)15(18)17/h2-8,17H,9H2,1H3. The minimum absolute atomic E-state index is 0.344. The Kier molecular flexibility index (Phi) is 2.71. The van der Waals surface area contributed by atoms with Crippen LogP contribution < -0.4 is 9.64 Å². The Morgan fingerprint density at radius 1 is 1.21 bits per heavy atom. The number of ether oxygens (including phenoxy) is 1. The molecule has 1 N–H and O–H groups in total. The first kappa shape index (κ1) is 11.7. The average molecular weight is 256 g/mol. The smallest absolute Gasteiger partial charge is 0.145 e. The zero-order chi connectivity index (χ0) is 13.4. The van der Waals surface area contributed by atoms with E-state index in [2.05, 4.69) is 0 Å². The molecule has 4 heteroatoms. The van der Waals surface area contributed by atoms with Crippen LogP contribution in [0.1, 0.15) is 11.1 Å². The molecule has 0 saturated carbocycles. The van der Waals surface area contributed by atoms with E-state index in [4.69, 9.17) is 10.1 Å². The second-order valence-electron chi connectivity index (χ2n) is 4.41. The normalized spacial score (nSPS) is 13.6. The van der Waals surface area contributed by atoms with Crippen molar-refractivity contribution in [3.63, 3.8) is 0 Å². The van der Waals surface area contributed by atoms with Crippen molar-refractivity contribution in [3.05, 3.63) is 59.4 Å². The van der Waals surface area contributed by atoms with Gasteiger partial charge in [0.05, 0.1) is 19.3 Å². The van der Waals surface area contributed by atoms with Crippen LogP contribution in [0.2, 0.25) is 0 Å². The minimum Gasteiger partial charge on any atom is -0.494 e. The first-order valence-electron chi connectivity index (χ1n) is 5.98. The van der Waals surface area contributed by atoms with Crippen molar-refractivity contribution >= 4 is 11.5 Å². The van der Waals surface area contributed by atoms with Crippen molar-refractivity contribution in [1.29, 1.82) is 5.41 Å². The van der Waals surface area contributed by atoms with Crippen LogP contribution in [0, 0.1) is 11.2 Å². The van der Waals surface area contributed by atoms with Gasteiger partial charge in [0.25, 0.3) is 0 Å². The van der Waals surface area contributed by atoms with Crippen LogP contribution in [0.3, 0.4) is 0 Å². The molecule has 0 aromatic heterocycles. The third-order valence-corrected chi connectivity index (χ3v) is 3.30. The number of amidine groups is 1. The van der Waals surface area contributed by atoms with Gasteiger partial charge in [0.1, 0.15) is 17.4 Å². The molecule has 1 aliphatic rings. The molecule has 0 bridgehead atoms. The number of benzene rings is 2. The highest BCUT2D eigenvalue weighted by molar-refractivity contribution is 6.12. The molecule has 0 fully saturated rings. The van der Waals surface area contributed by atoms with Crippen molar-refractivity contribution in [2.75, 3.05) is 12.0 Å². The predicted molar refractivity (Wildman–Crippen MR) is 72.4 cm³/mol. The summed E-state index contributed by atoms with van der Waals surface area (Å²) in [4.78, 5) is 1.82. The molecule has 2 aromatic rings. The fourth-order valence-corrected chi connectivity index (χ4v) is 2.36. The second-order valence-corrected chi connectivity index (χ2v) is 4.41. The fourth-order valence-electron chi connectivity index (χ4n) is 2.36. The van der Waals surface area contributed by atoms with Gasteiger partial charge in [0.15, 0.2) is 0 Å². The summed E-state index contributed by atoms with van der Waals surface area (Å²) >= 11 is 0. The molecule has 2 aromatic carbocycles. The summed E-state index contributed by atoms with van der Waals surface area (Å²) < 4.78 is 18.4. The molecule has 0 amide bonds. The van der Waals surface area contributed by atoms with Crippen molar-refractivity contribution in [3.8, 4) is 5.75 Å². The van der Waals surface area contributed by atoms with Gasteiger partial charge < -0.3 is 9.64 Å². The largest absolute Gasteiger partial charge is 0.494 e. The molecule has 0 aliphatic carbocycles. The van der Waals surface area contributed by atoms with Gasteiger partial charge in [-0.15, -0.1) is 0 Å². The molecule has 1 heterocycles. The van der Waals surface area contributed by atoms with Crippen molar-refractivity contribution in [2.24, 2.45) is 0 Å². The molecule has 0 unspecified atom stereocenters. The molecule has 3 rings (SSSR count). The highest BCUT2D eigenvalue weighted by Gasteiger charge is 2.26. The van der Waals surface area contributed by atoms with Crippen LogP contribution in [-0.4, -0.2) is 12.9 Å². The van der Waals surface area contributed by atoms with Gasteiger partial charge in [-0.3, -0.25) is 5.41 Å². The summed E-state index contributed by atoms with van der Waals surface area (Å²) in [5, 5.41) is 8.23. The summed E-state index contributed by atoms with van der Waals surface area (Å²) in [5.74, 6) is 0.516. The number of hydrogen-bond donors (Lipinski definition) is 1. The van der Waals surface area contributed by atoms with Crippen LogP contribution in [0.25, 0.3) is 0 Å². The molecule has 3 nitrogen and oxygen atoms in total. The van der Waals surface area contributed by atoms with Crippen LogP contribution in [0.15, 0.2) is 42.5 Å². The number of methoxy groups -OCH3 is 1. The highest BCUT2D eigenvalue weighted by atomic mass is 19.1. The van der Waals surface area contributed by atoms with Crippen LogP contribution >= 0.6 is 0 Å². The van der Waals surface area contributed by atoms with Gasteiger partial charge in [0.2, 0.25) is 0 Å². The van der Waals surface area contributed by atoms with E-state index < -0.39 is 0 Å². The molecule has 96 valence electrons. The van der Waals surface area contributed by atoms with Gasteiger partial charge in [-0.25, -0.2) is 4.39 Å². The van der Waals surface area contributed by atoms with Crippen molar-refractivity contribution < 1.29 is 9.13 Å². The molecule has 19 heavy (non-hydrogen) atoms. The minimum atomic E-state index is -0.344. The Morgan fingerprint density at radius 2 is 2.00 bits per heavy atom. The molecular formula is C15H13FN2O. The zero-order valence-electron chi connectivity index (χ0n) is 10.5. The lowest BCUT2D eigenvalue weighted by Crippen LogP contribution is -2.23. The Hall–Kier alpha value is -2.36. The maximum absolute atomic E-state index is 13.2. The average Bonchev–Trinajstić information content (AvgIpc) is 2.76. The Labute approximate surface area is 110 Å². The summed E-state index contributed by atoms with van der Waals surface area (Å²) in [5.41, 5.74) is 2.72. The number of fused-ring (bicyclic) bond motifs is 1. The number of nitrogens with zero attached hydrogens (tertiary/aromatic N) is 1. The van der Waals surface area contributed by atoms with E-state index in [1.54, 1.807) is 6.07 Å². The van der Waals surface area contributed by atoms with Gasteiger partial charge in [-0.05, 0) is 17.7 Å². The maximum atomic E-state index is 13.2. The monoisotopic (exact) mass is 256 g/mol. The Balaban J connectivity index is 2.04. The van der Waals surface area contributed by atoms with Gasteiger partial charge >= 0.3 is 0 Å². The van der Waals surface area contributed by atoms with E-state index in [-0.39, 0.29) is 5.82 Å². The molecule has 0 radical (unpaired) electrons. The number of rotatable bonds is 2. The number of nitrogens with one attached hydrogen (secondary N) is 1. The first-order valence-corrected chi connectivity index (χ1v) is 5.98. The Bertz CT molecular complexity index is 654. The maximum Gasteiger partial charge on any atom is 0.145 e. The molecule has 0 saturated heterocycles. The topological polar surface area (TPSA) is 36.3 Å². The summed E-state index contributed by atoms with van der Waals surface area (Å²) in [6.45, 7) is 0.608. The van der Waals surface area contributed by atoms with E-state index in [1.165, 1.54) is 19.2 Å². The predicted octanol–water partition coefficient (Wildman–Crippen LogP) is 3.18. The van der Waals surface area contributed by atoms with E-state index in [9.17, 15) is 4.39 Å². The third kappa shape index (κ3) is 1.85. The van der Waals surface area contributed by atoms with Crippen LogP contribution in [0.4, 0.5) is 10.1 Å². The zero-order valence-corrected chi connectivity index (χ0v) is 10.5. The molecular weight excluding hydrogens is 243 g/mol. The Morgan fingerprint density at radius 3 is 2.74 bits per heavy atom. The van der Waals surface area contributed by atoms with Crippen molar-refractivity contribution in [2.45, 2.75) is 6.54 Å². The van der Waals surface area contributed by atoms with E-state index >= 15 is 0 Å². The van der Waals surface area contributed by atoms with Crippen molar-refractivity contribution in [1.82, 2.24) is 0 Å². The fraction of sp³-hybridized carbons (Fsp3) is 0.133. The number of anilines is 1.